The van der Waals surface area contributed by atoms with Crippen LogP contribution in [0.2, 0.25) is 0 Å². The van der Waals surface area contributed by atoms with Gasteiger partial charge in [0.05, 0.1) is 0 Å². The van der Waals surface area contributed by atoms with Crippen LogP contribution in [-0.4, -0.2) is 33.0 Å². The Hall–Kier alpha value is -3.44. The van der Waals surface area contributed by atoms with Gasteiger partial charge in [-0.25, -0.2) is 0 Å². The number of carbonyl (C=O) groups excluding carboxylic acids is 2. The summed E-state index contributed by atoms with van der Waals surface area (Å²) in [6, 6.07) is 5.89. The van der Waals surface area contributed by atoms with E-state index in [1.807, 2.05) is 12.2 Å². The molecule has 1 aromatic carbocycles. The summed E-state index contributed by atoms with van der Waals surface area (Å²) in [5, 5.41) is 30.4. The van der Waals surface area contributed by atoms with Gasteiger partial charge < -0.3 is 15.3 Å². The van der Waals surface area contributed by atoms with E-state index >= 15 is 0 Å². The summed E-state index contributed by atoms with van der Waals surface area (Å²) in [6.45, 7) is 10.3. The average Bonchev–Trinajstić information content (AvgIpc) is 2.81. The van der Waals surface area contributed by atoms with Gasteiger partial charge >= 0.3 is 0 Å². The van der Waals surface area contributed by atoms with E-state index in [0.717, 1.165) is 12.0 Å². The number of phenols is 1. The Kier molecular flexibility index (Phi) is 10.2. The average molecular weight is 477 g/mol. The van der Waals surface area contributed by atoms with Crippen molar-refractivity contribution in [2.75, 3.05) is 0 Å². The molecule has 0 fully saturated rings. The molecule has 1 aliphatic rings. The standard InChI is InChI=1S/C30H36O5/c1-6-19(2)16-21(4)17-20(3)10-8-7-9-11-22(5)28(33)27-29(34)25(18-26(32)30(27)35)23-12-14-24(31)15-13-23/h7-15,17-19,21,26,31-32,34H,6,16H2,1-5H3/b9-7+,10-8+,20-17+,22-11+. The summed E-state index contributed by atoms with van der Waals surface area (Å²) < 4.78 is 0. The Balaban J connectivity index is 2.15. The minimum atomic E-state index is -1.54. The van der Waals surface area contributed by atoms with Crippen molar-refractivity contribution >= 4 is 17.1 Å². The van der Waals surface area contributed by atoms with E-state index in [-0.39, 0.29) is 16.9 Å². The third-order valence-electron chi connectivity index (χ3n) is 6.04. The molecule has 3 unspecified atom stereocenters. The van der Waals surface area contributed by atoms with Crippen molar-refractivity contribution in [3.05, 3.63) is 94.8 Å². The summed E-state index contributed by atoms with van der Waals surface area (Å²) in [5.74, 6) is -0.753. The van der Waals surface area contributed by atoms with Gasteiger partial charge in [0.2, 0.25) is 5.78 Å². The molecule has 0 heterocycles. The first-order chi connectivity index (χ1) is 16.5. The molecular weight excluding hydrogens is 440 g/mol. The van der Waals surface area contributed by atoms with E-state index in [1.54, 1.807) is 25.2 Å². The molecule has 1 aromatic rings. The van der Waals surface area contributed by atoms with Crippen LogP contribution in [0.3, 0.4) is 0 Å². The molecule has 0 amide bonds. The van der Waals surface area contributed by atoms with Crippen molar-refractivity contribution in [2.45, 2.75) is 53.6 Å². The summed E-state index contributed by atoms with van der Waals surface area (Å²) >= 11 is 0. The topological polar surface area (TPSA) is 94.8 Å². The van der Waals surface area contributed by atoms with Crippen LogP contribution in [0.15, 0.2) is 89.3 Å². The van der Waals surface area contributed by atoms with Gasteiger partial charge in [-0.1, -0.05) is 81.4 Å². The number of hydrogen-bond acceptors (Lipinski definition) is 5. The van der Waals surface area contributed by atoms with Gasteiger partial charge in [-0.3, -0.25) is 9.59 Å². The Morgan fingerprint density at radius 3 is 2.34 bits per heavy atom. The maximum absolute atomic E-state index is 13.0. The molecule has 2 rings (SSSR count). The molecule has 5 heteroatoms. The first-order valence-corrected chi connectivity index (χ1v) is 12.0. The van der Waals surface area contributed by atoms with Crippen LogP contribution in [0.25, 0.3) is 5.57 Å². The third-order valence-corrected chi connectivity index (χ3v) is 6.04. The second-order valence-corrected chi connectivity index (χ2v) is 9.22. The zero-order valence-corrected chi connectivity index (χ0v) is 21.2. The molecule has 3 atom stereocenters. The first kappa shape index (κ1) is 27.8. The predicted octanol–water partition coefficient (Wildman–Crippen LogP) is 6.18. The summed E-state index contributed by atoms with van der Waals surface area (Å²) in [6.07, 6.45) is 13.2. The number of rotatable bonds is 10. The number of aliphatic hydroxyl groups is 2. The smallest absolute Gasteiger partial charge is 0.202 e. The molecule has 0 saturated carbocycles. The second-order valence-electron chi connectivity index (χ2n) is 9.22. The molecule has 3 N–H and O–H groups in total. The SMILES string of the molecule is CCC(C)CC(C)/C=C(C)/C=C/C=C/C=C(\C)C(=O)C1=C(O)C(c2ccc(O)cc2)=CC(O)C1=O. The Morgan fingerprint density at radius 2 is 1.71 bits per heavy atom. The molecule has 0 aliphatic heterocycles. The number of carbonyl (C=O) groups is 2. The quantitative estimate of drug-likeness (QED) is 0.213. The zero-order chi connectivity index (χ0) is 26.1. The monoisotopic (exact) mass is 476 g/mol. The lowest BCUT2D eigenvalue weighted by molar-refractivity contribution is -0.124. The van der Waals surface area contributed by atoms with Gasteiger partial charge in [0.15, 0.2) is 5.78 Å². The minimum Gasteiger partial charge on any atom is -0.508 e. The number of hydrogen-bond donors (Lipinski definition) is 3. The molecule has 5 nitrogen and oxygen atoms in total. The predicted molar refractivity (Wildman–Crippen MR) is 141 cm³/mol. The summed E-state index contributed by atoms with van der Waals surface area (Å²) in [4.78, 5) is 25.5. The zero-order valence-electron chi connectivity index (χ0n) is 21.2. The highest BCUT2D eigenvalue weighted by atomic mass is 16.3. The van der Waals surface area contributed by atoms with Crippen LogP contribution in [0.5, 0.6) is 5.75 Å². The van der Waals surface area contributed by atoms with Gasteiger partial charge in [-0.15, -0.1) is 0 Å². The molecule has 0 bridgehead atoms. The van der Waals surface area contributed by atoms with E-state index in [1.165, 1.54) is 36.8 Å². The van der Waals surface area contributed by atoms with Crippen molar-refractivity contribution in [3.8, 4) is 5.75 Å². The normalized spacial score (nSPS) is 19.4. The van der Waals surface area contributed by atoms with Crippen LogP contribution in [-0.2, 0) is 9.59 Å². The van der Waals surface area contributed by atoms with E-state index in [0.29, 0.717) is 17.4 Å². The summed E-state index contributed by atoms with van der Waals surface area (Å²) in [7, 11) is 0. The molecular formula is C30H36O5. The Labute approximate surface area is 208 Å². The molecule has 0 saturated heterocycles. The van der Waals surface area contributed by atoms with Crippen LogP contribution in [0.4, 0.5) is 0 Å². The van der Waals surface area contributed by atoms with E-state index in [4.69, 9.17) is 0 Å². The van der Waals surface area contributed by atoms with Crippen molar-refractivity contribution in [3.63, 3.8) is 0 Å². The van der Waals surface area contributed by atoms with E-state index in [2.05, 4.69) is 33.8 Å². The number of phenolic OH excluding ortho intramolecular Hbond substituents is 1. The van der Waals surface area contributed by atoms with Crippen molar-refractivity contribution < 1.29 is 24.9 Å². The van der Waals surface area contributed by atoms with Crippen LogP contribution >= 0.6 is 0 Å². The highest BCUT2D eigenvalue weighted by Crippen LogP contribution is 2.31. The maximum atomic E-state index is 13.0. The number of benzene rings is 1. The lowest BCUT2D eigenvalue weighted by atomic mass is 9.86. The maximum Gasteiger partial charge on any atom is 0.202 e. The number of aliphatic hydroxyl groups excluding tert-OH is 2. The van der Waals surface area contributed by atoms with E-state index in [9.17, 15) is 24.9 Å². The first-order valence-electron chi connectivity index (χ1n) is 12.0. The molecule has 35 heavy (non-hydrogen) atoms. The van der Waals surface area contributed by atoms with Crippen molar-refractivity contribution in [1.82, 2.24) is 0 Å². The fraction of sp³-hybridized carbons (Fsp3) is 0.333. The Morgan fingerprint density at radius 1 is 1.06 bits per heavy atom. The molecule has 186 valence electrons. The second kappa shape index (κ2) is 12.9. The lowest BCUT2D eigenvalue weighted by Gasteiger charge is -2.20. The van der Waals surface area contributed by atoms with Gasteiger partial charge in [0.25, 0.3) is 0 Å². The number of aromatic hydroxyl groups is 1. The molecule has 0 radical (unpaired) electrons. The number of Topliss-reactive ketones (excluding diaryl/α,β-unsaturated/α-hetero) is 2. The van der Waals surface area contributed by atoms with Crippen molar-refractivity contribution in [1.29, 1.82) is 0 Å². The fourth-order valence-electron chi connectivity index (χ4n) is 3.92. The minimum absolute atomic E-state index is 0.0347. The van der Waals surface area contributed by atoms with Crippen LogP contribution < -0.4 is 0 Å². The van der Waals surface area contributed by atoms with Crippen LogP contribution in [0, 0.1) is 11.8 Å². The number of allylic oxidation sites excluding steroid dienone is 9. The van der Waals surface area contributed by atoms with Crippen LogP contribution in [0.1, 0.15) is 53.0 Å². The summed E-state index contributed by atoms with van der Waals surface area (Å²) in [5.41, 5.74) is 1.59. The largest absolute Gasteiger partial charge is 0.508 e. The van der Waals surface area contributed by atoms with Gasteiger partial charge in [0, 0.05) is 5.57 Å². The Bertz CT molecular complexity index is 1110. The van der Waals surface area contributed by atoms with E-state index < -0.39 is 29.0 Å². The molecule has 0 spiro atoms. The highest BCUT2D eigenvalue weighted by molar-refractivity contribution is 6.30. The highest BCUT2D eigenvalue weighted by Gasteiger charge is 2.34. The van der Waals surface area contributed by atoms with Gasteiger partial charge in [-0.2, -0.15) is 0 Å². The number of ketones is 2. The molecule has 0 aromatic heterocycles. The third kappa shape index (κ3) is 7.79. The van der Waals surface area contributed by atoms with Gasteiger partial charge in [-0.05, 0) is 61.4 Å². The van der Waals surface area contributed by atoms with Gasteiger partial charge in [0.1, 0.15) is 23.2 Å². The lowest BCUT2D eigenvalue weighted by Crippen LogP contribution is -2.30. The fourth-order valence-corrected chi connectivity index (χ4v) is 3.92. The molecule has 1 aliphatic carbocycles. The van der Waals surface area contributed by atoms with Crippen molar-refractivity contribution in [2.24, 2.45) is 11.8 Å².